The third kappa shape index (κ3) is 6.16. The molecule has 0 saturated carbocycles. The Balaban J connectivity index is 2.40. The van der Waals surface area contributed by atoms with E-state index in [1.54, 1.807) is 0 Å². The van der Waals surface area contributed by atoms with Gasteiger partial charge in [-0.05, 0) is 100 Å². The van der Waals surface area contributed by atoms with Crippen molar-refractivity contribution in [2.75, 3.05) is 0 Å². The summed E-state index contributed by atoms with van der Waals surface area (Å²) in [4.78, 5) is 12.4. The lowest BCUT2D eigenvalue weighted by Gasteiger charge is -2.28. The summed E-state index contributed by atoms with van der Waals surface area (Å²) < 4.78 is 6.07. The largest absolute Gasteiger partial charge is 0.479 e. The van der Waals surface area contributed by atoms with Gasteiger partial charge in [0, 0.05) is 21.6 Å². The molecular weight excluding hydrogens is 432 g/mol. The lowest BCUT2D eigenvalue weighted by Crippen LogP contribution is -2.28. The number of rotatable bonds is 4. The van der Waals surface area contributed by atoms with E-state index in [-0.39, 0.29) is 5.41 Å². The summed E-state index contributed by atoms with van der Waals surface area (Å²) >= 11 is 6.16. The number of hydrogen-bond acceptors (Lipinski definition) is 2. The molecule has 3 rings (SSSR count). The van der Waals surface area contributed by atoms with Crippen molar-refractivity contribution in [3.05, 3.63) is 70.2 Å². The van der Waals surface area contributed by atoms with E-state index >= 15 is 0 Å². The van der Waals surface area contributed by atoms with Gasteiger partial charge >= 0.3 is 5.97 Å². The number of aliphatic carboxylic acids is 1. The first kappa shape index (κ1) is 24.8. The van der Waals surface area contributed by atoms with Crippen LogP contribution < -0.4 is 0 Å². The van der Waals surface area contributed by atoms with Gasteiger partial charge in [-0.15, -0.1) is 0 Å². The van der Waals surface area contributed by atoms with Crippen LogP contribution in [0.2, 0.25) is 5.02 Å². The quantitative estimate of drug-likeness (QED) is 0.402. The normalized spacial score (nSPS) is 12.8. The second kappa shape index (κ2) is 9.21. The second-order valence-corrected chi connectivity index (χ2v) is 10.8. The van der Waals surface area contributed by atoms with E-state index < -0.39 is 17.7 Å². The predicted octanol–water partition coefficient (Wildman–Crippen LogP) is 7.81. The maximum absolute atomic E-state index is 12.4. The fourth-order valence-electron chi connectivity index (χ4n) is 3.74. The zero-order valence-electron chi connectivity index (χ0n) is 20.3. The number of hydrogen-bond donors (Lipinski definition) is 1. The van der Waals surface area contributed by atoms with Crippen LogP contribution in [0.25, 0.3) is 21.9 Å². The molecule has 0 radical (unpaired) electrons. The SMILES string of the molecule is Cc1cc2ccc(C#CC(C)(C)C)cc2c(-c2ccc(Cl)cc2)c1C(OC(C)(C)C)C(=O)O. The average molecular weight is 463 g/mol. The molecule has 1 unspecified atom stereocenters. The van der Waals surface area contributed by atoms with Gasteiger partial charge in [0.2, 0.25) is 0 Å². The Bertz CT molecular complexity index is 1250. The minimum atomic E-state index is -1.12. The molecule has 0 aliphatic carbocycles. The van der Waals surface area contributed by atoms with E-state index in [9.17, 15) is 9.90 Å². The smallest absolute Gasteiger partial charge is 0.337 e. The number of ether oxygens (including phenoxy) is 1. The number of fused-ring (bicyclic) bond motifs is 1. The minimum absolute atomic E-state index is 0.124. The van der Waals surface area contributed by atoms with Crippen LogP contribution in [-0.2, 0) is 9.53 Å². The summed E-state index contributed by atoms with van der Waals surface area (Å²) in [5.74, 6) is 5.53. The first-order valence-electron chi connectivity index (χ1n) is 11.0. The molecule has 3 nitrogen and oxygen atoms in total. The van der Waals surface area contributed by atoms with Gasteiger partial charge < -0.3 is 9.84 Å². The number of halogens is 1. The molecule has 172 valence electrons. The number of benzene rings is 3. The van der Waals surface area contributed by atoms with Gasteiger partial charge in [0.05, 0.1) is 5.60 Å². The molecule has 3 aromatic rings. The van der Waals surface area contributed by atoms with Crippen LogP contribution in [0.1, 0.15) is 64.3 Å². The van der Waals surface area contributed by atoms with Crippen molar-refractivity contribution >= 4 is 28.3 Å². The van der Waals surface area contributed by atoms with Crippen LogP contribution in [0.3, 0.4) is 0 Å². The summed E-state index contributed by atoms with van der Waals surface area (Å²) in [7, 11) is 0. The van der Waals surface area contributed by atoms with E-state index in [1.807, 2.05) is 76.2 Å². The Morgan fingerprint density at radius 3 is 2.18 bits per heavy atom. The monoisotopic (exact) mass is 462 g/mol. The Labute approximate surface area is 201 Å². The molecule has 3 aromatic carbocycles. The molecule has 0 aliphatic heterocycles. The van der Waals surface area contributed by atoms with Gasteiger partial charge in [-0.2, -0.15) is 0 Å². The maximum Gasteiger partial charge on any atom is 0.337 e. The Morgan fingerprint density at radius 2 is 1.64 bits per heavy atom. The van der Waals surface area contributed by atoms with Crippen molar-refractivity contribution in [1.82, 2.24) is 0 Å². The van der Waals surface area contributed by atoms with Crippen LogP contribution in [0, 0.1) is 24.2 Å². The summed E-state index contributed by atoms with van der Waals surface area (Å²) in [5.41, 5.74) is 3.34. The van der Waals surface area contributed by atoms with Crippen molar-refractivity contribution in [3.8, 4) is 23.0 Å². The molecule has 0 aromatic heterocycles. The van der Waals surface area contributed by atoms with Crippen molar-refractivity contribution in [2.24, 2.45) is 5.41 Å². The third-order valence-electron chi connectivity index (χ3n) is 5.06. The predicted molar refractivity (Wildman–Crippen MR) is 137 cm³/mol. The fraction of sp³-hybridized carbons (Fsp3) is 0.345. The van der Waals surface area contributed by atoms with E-state index in [2.05, 4.69) is 32.6 Å². The maximum atomic E-state index is 12.4. The van der Waals surface area contributed by atoms with E-state index in [0.29, 0.717) is 10.6 Å². The second-order valence-electron chi connectivity index (χ2n) is 10.4. The van der Waals surface area contributed by atoms with E-state index in [1.165, 1.54) is 0 Å². The summed E-state index contributed by atoms with van der Waals surface area (Å²) in [6, 6.07) is 15.6. The van der Waals surface area contributed by atoms with E-state index in [0.717, 1.165) is 33.0 Å². The van der Waals surface area contributed by atoms with Crippen molar-refractivity contribution in [1.29, 1.82) is 0 Å². The Morgan fingerprint density at radius 1 is 1.00 bits per heavy atom. The first-order valence-corrected chi connectivity index (χ1v) is 11.4. The topological polar surface area (TPSA) is 46.5 Å². The molecular formula is C29H31ClO3. The van der Waals surface area contributed by atoms with Crippen LogP contribution >= 0.6 is 11.6 Å². The molecule has 0 saturated heterocycles. The molecule has 0 spiro atoms. The molecule has 1 N–H and O–H groups in total. The van der Waals surface area contributed by atoms with Crippen molar-refractivity contribution < 1.29 is 14.6 Å². The summed E-state index contributed by atoms with van der Waals surface area (Å²) in [5, 5.41) is 12.7. The Hall–Kier alpha value is -2.80. The molecule has 4 heteroatoms. The van der Waals surface area contributed by atoms with Crippen LogP contribution in [0.4, 0.5) is 0 Å². The van der Waals surface area contributed by atoms with E-state index in [4.69, 9.17) is 16.3 Å². The van der Waals surface area contributed by atoms with Gasteiger partial charge in [0.25, 0.3) is 0 Å². The highest BCUT2D eigenvalue weighted by atomic mass is 35.5. The molecule has 0 heterocycles. The minimum Gasteiger partial charge on any atom is -0.479 e. The van der Waals surface area contributed by atoms with Crippen LogP contribution in [-0.4, -0.2) is 16.7 Å². The highest BCUT2D eigenvalue weighted by molar-refractivity contribution is 6.30. The van der Waals surface area contributed by atoms with Crippen LogP contribution in [0.15, 0.2) is 48.5 Å². The average Bonchev–Trinajstić information content (AvgIpc) is 2.69. The highest BCUT2D eigenvalue weighted by Crippen LogP contribution is 2.41. The fourth-order valence-corrected chi connectivity index (χ4v) is 3.87. The zero-order chi connectivity index (χ0) is 24.6. The summed E-state index contributed by atoms with van der Waals surface area (Å²) in [6.45, 7) is 13.7. The number of carbonyl (C=O) groups is 1. The lowest BCUT2D eigenvalue weighted by atomic mass is 9.86. The Kier molecular flexibility index (Phi) is 6.93. The number of carboxylic acid groups (broad SMARTS) is 1. The van der Waals surface area contributed by atoms with Crippen molar-refractivity contribution in [3.63, 3.8) is 0 Å². The van der Waals surface area contributed by atoms with Gasteiger partial charge in [0.15, 0.2) is 6.10 Å². The lowest BCUT2D eigenvalue weighted by molar-refractivity contribution is -0.160. The van der Waals surface area contributed by atoms with Gasteiger partial charge in [-0.3, -0.25) is 0 Å². The zero-order valence-corrected chi connectivity index (χ0v) is 21.1. The number of aryl methyl sites for hydroxylation is 1. The molecule has 0 fully saturated rings. The molecule has 0 amide bonds. The number of carboxylic acids is 1. The first-order chi connectivity index (χ1) is 15.2. The molecule has 0 aliphatic rings. The van der Waals surface area contributed by atoms with Gasteiger partial charge in [-0.1, -0.05) is 47.7 Å². The molecule has 0 bridgehead atoms. The van der Waals surface area contributed by atoms with Crippen molar-refractivity contribution in [2.45, 2.75) is 60.2 Å². The van der Waals surface area contributed by atoms with Gasteiger partial charge in [0.1, 0.15) is 0 Å². The van der Waals surface area contributed by atoms with Gasteiger partial charge in [-0.25, -0.2) is 4.79 Å². The highest BCUT2D eigenvalue weighted by Gasteiger charge is 2.31. The van der Waals surface area contributed by atoms with Crippen LogP contribution in [0.5, 0.6) is 0 Å². The molecule has 33 heavy (non-hydrogen) atoms. The molecule has 1 atom stereocenters. The third-order valence-corrected chi connectivity index (χ3v) is 5.31. The summed E-state index contributed by atoms with van der Waals surface area (Å²) in [6.07, 6.45) is -1.12. The standard InChI is InChI=1S/C29H31ClO3/c1-18-16-21-9-8-19(14-15-28(2,3)4)17-23(21)25(20-10-12-22(30)13-11-20)24(18)26(27(31)32)33-29(5,6)7/h8-13,16-17,26H,1-7H3,(H,31,32).